The molecule has 1 aliphatic heterocycles. The molecule has 0 aromatic heterocycles. The molecule has 0 aromatic rings. The van der Waals surface area contributed by atoms with Crippen LogP contribution in [0.5, 0.6) is 0 Å². The summed E-state index contributed by atoms with van der Waals surface area (Å²) in [6, 6.07) is -0.295. The van der Waals surface area contributed by atoms with E-state index in [0.29, 0.717) is 19.8 Å². The minimum Gasteiger partial charge on any atom is -0.444 e. The third-order valence-electron chi connectivity index (χ3n) is 2.53. The van der Waals surface area contributed by atoms with E-state index in [1.54, 1.807) is 37.8 Å². The molecule has 1 heterocycles. The van der Waals surface area contributed by atoms with Crippen molar-refractivity contribution in [3.05, 3.63) is 12.2 Å². The lowest BCUT2D eigenvalue weighted by Crippen LogP contribution is -2.49. The second kappa shape index (κ2) is 7.24. The summed E-state index contributed by atoms with van der Waals surface area (Å²) >= 11 is 0. The zero-order valence-electron chi connectivity index (χ0n) is 12.9. The summed E-state index contributed by atoms with van der Waals surface area (Å²) in [4.78, 5) is 13.7. The van der Waals surface area contributed by atoms with E-state index in [-0.39, 0.29) is 12.6 Å². The Morgan fingerprint density at radius 1 is 1.43 bits per heavy atom. The fourth-order valence-corrected chi connectivity index (χ4v) is 2.03. The molecule has 0 N–H and O–H groups in total. The van der Waals surface area contributed by atoms with Crippen LogP contribution in [0, 0.1) is 0 Å². The normalized spacial score (nSPS) is 20.8. The molecule has 0 saturated carbocycles. The summed E-state index contributed by atoms with van der Waals surface area (Å²) in [5.41, 5.74) is -0.566. The molecule has 1 fully saturated rings. The zero-order valence-corrected chi connectivity index (χ0v) is 13.7. The van der Waals surface area contributed by atoms with Crippen molar-refractivity contribution in [1.29, 1.82) is 0 Å². The Labute approximate surface area is 126 Å². The van der Waals surface area contributed by atoms with Gasteiger partial charge in [-0.1, -0.05) is 12.2 Å². The van der Waals surface area contributed by atoms with Gasteiger partial charge in [0.25, 0.3) is 10.1 Å². The van der Waals surface area contributed by atoms with E-state index in [1.807, 2.05) is 0 Å². The minimum absolute atomic E-state index is 0.0719. The predicted octanol–water partition coefficient (Wildman–Crippen LogP) is 1.15. The molecule has 1 amide bonds. The van der Waals surface area contributed by atoms with Gasteiger partial charge in [0.2, 0.25) is 0 Å². The molecule has 0 aliphatic carbocycles. The van der Waals surface area contributed by atoms with Crippen LogP contribution in [0.3, 0.4) is 0 Å². The summed E-state index contributed by atoms with van der Waals surface area (Å²) in [7, 11) is -3.47. The van der Waals surface area contributed by atoms with Gasteiger partial charge < -0.3 is 9.47 Å². The van der Waals surface area contributed by atoms with Crippen LogP contribution in [0.15, 0.2) is 12.2 Å². The zero-order chi connectivity index (χ0) is 16.1. The average molecular weight is 321 g/mol. The first-order valence-electron chi connectivity index (χ1n) is 6.67. The highest BCUT2D eigenvalue weighted by Crippen LogP contribution is 2.15. The van der Waals surface area contributed by atoms with E-state index in [0.717, 1.165) is 6.26 Å². The minimum atomic E-state index is -3.47. The number of amides is 1. The molecule has 0 aromatic carbocycles. The highest BCUT2D eigenvalue weighted by molar-refractivity contribution is 7.85. The van der Waals surface area contributed by atoms with Gasteiger partial charge in [0.15, 0.2) is 0 Å². The molecule has 1 saturated heterocycles. The number of morpholine rings is 1. The van der Waals surface area contributed by atoms with Gasteiger partial charge in [0, 0.05) is 6.54 Å². The number of carbonyl (C=O) groups excluding carboxylic acids is 1. The van der Waals surface area contributed by atoms with E-state index in [2.05, 4.69) is 4.18 Å². The van der Waals surface area contributed by atoms with Gasteiger partial charge in [-0.05, 0) is 20.8 Å². The smallest absolute Gasteiger partial charge is 0.410 e. The van der Waals surface area contributed by atoms with E-state index in [1.165, 1.54) is 0 Å². The molecule has 8 heteroatoms. The second-order valence-electron chi connectivity index (χ2n) is 5.73. The average Bonchev–Trinajstić information content (AvgIpc) is 2.32. The van der Waals surface area contributed by atoms with Gasteiger partial charge in [-0.3, -0.25) is 9.08 Å². The van der Waals surface area contributed by atoms with E-state index in [4.69, 9.17) is 9.47 Å². The van der Waals surface area contributed by atoms with Gasteiger partial charge in [-0.2, -0.15) is 8.42 Å². The first-order chi connectivity index (χ1) is 9.58. The number of nitrogens with zero attached hydrogens (tertiary/aromatic N) is 1. The summed E-state index contributed by atoms with van der Waals surface area (Å²) < 4.78 is 37.0. The summed E-state index contributed by atoms with van der Waals surface area (Å²) in [6.07, 6.45) is 3.81. The molecule has 1 atom stereocenters. The summed E-state index contributed by atoms with van der Waals surface area (Å²) in [5, 5.41) is 0. The highest BCUT2D eigenvalue weighted by Gasteiger charge is 2.29. The van der Waals surface area contributed by atoms with Crippen LogP contribution in [0.1, 0.15) is 20.8 Å². The first-order valence-corrected chi connectivity index (χ1v) is 8.48. The monoisotopic (exact) mass is 321 g/mol. The van der Waals surface area contributed by atoms with Gasteiger partial charge in [-0.25, -0.2) is 4.79 Å². The van der Waals surface area contributed by atoms with E-state index < -0.39 is 21.8 Å². The van der Waals surface area contributed by atoms with E-state index >= 15 is 0 Å². The van der Waals surface area contributed by atoms with Crippen molar-refractivity contribution in [2.45, 2.75) is 32.4 Å². The molecule has 0 unspecified atom stereocenters. The molecule has 0 radical (unpaired) electrons. The SMILES string of the molecule is CC(C)(C)OC(=O)N1CCOC[C@H]1C=CCOS(C)(=O)=O. The Bertz CT molecular complexity index is 479. The molecule has 0 spiro atoms. The Morgan fingerprint density at radius 3 is 2.67 bits per heavy atom. The molecule has 0 bridgehead atoms. The van der Waals surface area contributed by atoms with Crippen molar-refractivity contribution in [1.82, 2.24) is 4.90 Å². The van der Waals surface area contributed by atoms with Crippen molar-refractivity contribution in [3.8, 4) is 0 Å². The Balaban J connectivity index is 2.61. The maximum atomic E-state index is 12.1. The summed E-state index contributed by atoms with van der Waals surface area (Å²) in [6.45, 7) is 6.55. The van der Waals surface area contributed by atoms with Crippen LogP contribution in [0.4, 0.5) is 4.79 Å². The number of carbonyl (C=O) groups is 1. The molecular formula is C13H23NO6S. The largest absolute Gasteiger partial charge is 0.444 e. The third-order valence-corrected chi connectivity index (χ3v) is 3.09. The van der Waals surface area contributed by atoms with Crippen LogP contribution >= 0.6 is 0 Å². The maximum absolute atomic E-state index is 12.1. The van der Waals surface area contributed by atoms with Gasteiger partial charge >= 0.3 is 6.09 Å². The lowest BCUT2D eigenvalue weighted by molar-refractivity contribution is -0.0218. The van der Waals surface area contributed by atoms with Crippen molar-refractivity contribution in [2.75, 3.05) is 32.6 Å². The second-order valence-corrected chi connectivity index (χ2v) is 7.38. The van der Waals surface area contributed by atoms with Crippen LogP contribution in [-0.2, 0) is 23.8 Å². The number of hydrogen-bond acceptors (Lipinski definition) is 6. The quantitative estimate of drug-likeness (QED) is 0.571. The van der Waals surface area contributed by atoms with Crippen LogP contribution in [0.2, 0.25) is 0 Å². The van der Waals surface area contributed by atoms with Gasteiger partial charge in [-0.15, -0.1) is 0 Å². The lowest BCUT2D eigenvalue weighted by Gasteiger charge is -2.35. The molecule has 1 aliphatic rings. The lowest BCUT2D eigenvalue weighted by atomic mass is 10.2. The van der Waals surface area contributed by atoms with Crippen LogP contribution < -0.4 is 0 Å². The molecule has 7 nitrogen and oxygen atoms in total. The third kappa shape index (κ3) is 7.45. The molecular weight excluding hydrogens is 298 g/mol. The van der Waals surface area contributed by atoms with Crippen LogP contribution in [-0.4, -0.2) is 63.7 Å². The Morgan fingerprint density at radius 2 is 2.10 bits per heavy atom. The topological polar surface area (TPSA) is 82.1 Å². The Hall–Kier alpha value is -1.12. The Kier molecular flexibility index (Phi) is 6.18. The number of rotatable bonds is 4. The standard InChI is InChI=1S/C13H23NO6S/c1-13(2,3)20-12(15)14-7-9-18-10-11(14)6-5-8-19-21(4,16)17/h5-6,11H,7-10H2,1-4H3/t11-/m1/s1. The van der Waals surface area contributed by atoms with E-state index in [9.17, 15) is 13.2 Å². The molecule has 21 heavy (non-hydrogen) atoms. The van der Waals surface area contributed by atoms with Crippen molar-refractivity contribution in [2.24, 2.45) is 0 Å². The van der Waals surface area contributed by atoms with Gasteiger partial charge in [0.1, 0.15) is 5.60 Å². The highest BCUT2D eigenvalue weighted by atomic mass is 32.2. The van der Waals surface area contributed by atoms with Gasteiger partial charge in [0.05, 0.1) is 32.1 Å². The van der Waals surface area contributed by atoms with Crippen molar-refractivity contribution >= 4 is 16.2 Å². The van der Waals surface area contributed by atoms with Crippen molar-refractivity contribution < 1.29 is 26.9 Å². The summed E-state index contributed by atoms with van der Waals surface area (Å²) in [5.74, 6) is 0. The van der Waals surface area contributed by atoms with Crippen molar-refractivity contribution in [3.63, 3.8) is 0 Å². The van der Waals surface area contributed by atoms with Crippen LogP contribution in [0.25, 0.3) is 0 Å². The fraction of sp³-hybridized carbons (Fsp3) is 0.769. The predicted molar refractivity (Wildman–Crippen MR) is 77.5 cm³/mol. The number of hydrogen-bond donors (Lipinski definition) is 0. The molecule has 122 valence electrons. The first kappa shape index (κ1) is 17.9. The maximum Gasteiger partial charge on any atom is 0.410 e. The number of ether oxygens (including phenoxy) is 2. The molecule has 1 rings (SSSR count). The fourth-order valence-electron chi connectivity index (χ4n) is 1.70.